The van der Waals surface area contributed by atoms with E-state index in [1.807, 2.05) is 0 Å². The van der Waals surface area contributed by atoms with Crippen LogP contribution in [0.3, 0.4) is 0 Å². The molecule has 0 aliphatic heterocycles. The van der Waals surface area contributed by atoms with Crippen molar-refractivity contribution in [3.63, 3.8) is 0 Å². The molecule has 0 amide bonds. The van der Waals surface area contributed by atoms with Crippen LogP contribution in [0, 0.1) is 0 Å². The fourth-order valence-electron chi connectivity index (χ4n) is 2.12. The van der Waals surface area contributed by atoms with Crippen LogP contribution in [0.5, 0.6) is 0 Å². The highest BCUT2D eigenvalue weighted by atomic mass is 32.2. The fourth-order valence-corrected chi connectivity index (χ4v) is 6.02. The smallest absolute Gasteiger partial charge is 0.273 e. The largest absolute Gasteiger partial charge is 0.550 e. The predicted molar refractivity (Wildman–Crippen MR) is 97.6 cm³/mol. The molecule has 0 aliphatic rings. The Labute approximate surface area is 152 Å². The van der Waals surface area contributed by atoms with E-state index in [9.17, 15) is 28.2 Å². The molecule has 7 nitrogen and oxygen atoms in total. The maximum absolute atomic E-state index is 10.2. The third kappa shape index (κ3) is 16.5. The summed E-state index contributed by atoms with van der Waals surface area (Å²) in [4.78, 5) is 19.7. The van der Waals surface area contributed by atoms with Crippen molar-refractivity contribution < 1.29 is 32.8 Å². The first-order valence-corrected chi connectivity index (χ1v) is 12.4. The molecule has 0 radical (unpaired) electrons. The minimum absolute atomic E-state index is 0.0675. The molecule has 0 fully saturated rings. The normalized spacial score (nSPS) is 12.4. The molecule has 1 unspecified atom stereocenters. The Morgan fingerprint density at radius 3 is 1.44 bits per heavy atom. The molecule has 0 bridgehead atoms. The molecule has 0 aromatic rings. The molecule has 0 aliphatic carbocycles. The van der Waals surface area contributed by atoms with Crippen molar-refractivity contribution in [3.8, 4) is 0 Å². The first-order valence-electron chi connectivity index (χ1n) is 8.80. The van der Waals surface area contributed by atoms with Gasteiger partial charge < -0.3 is 19.8 Å². The highest BCUT2D eigenvalue weighted by Gasteiger charge is 2.24. The standard InChI is InChI=1S/C12H27P.C4H6O7S/c1-4-7-10-13(11-8-5-2)12-9-6-3;5-3(6)1-2(4(7)8)12(9,10)11/h4-12H2,1-3H3;2H,1H2,(H,5,6)(H,7,8)(H,9,10,11)/p-1. The third-order valence-corrected chi connectivity index (χ3v) is 7.89. The second-order valence-electron chi connectivity index (χ2n) is 5.96. The highest BCUT2D eigenvalue weighted by molar-refractivity contribution is 7.87. The summed E-state index contributed by atoms with van der Waals surface area (Å²) in [6.45, 7) is 6.96. The quantitative estimate of drug-likeness (QED) is 0.356. The first-order chi connectivity index (χ1) is 11.6. The zero-order chi connectivity index (χ0) is 19.9. The second kappa shape index (κ2) is 15.5. The van der Waals surface area contributed by atoms with Crippen LogP contribution in [-0.4, -0.2) is 48.6 Å². The van der Waals surface area contributed by atoms with E-state index in [1.165, 1.54) is 38.5 Å². The summed E-state index contributed by atoms with van der Waals surface area (Å²) < 4.78 is 28.5. The van der Waals surface area contributed by atoms with Gasteiger partial charge in [-0.05, 0) is 19.3 Å². The Morgan fingerprint density at radius 1 is 0.920 bits per heavy atom. The van der Waals surface area contributed by atoms with Gasteiger partial charge >= 0.3 is 0 Å². The first kappa shape index (κ1) is 26.5. The Morgan fingerprint density at radius 2 is 1.28 bits per heavy atom. The van der Waals surface area contributed by atoms with Crippen LogP contribution < -0.4 is 10.2 Å². The third-order valence-electron chi connectivity index (χ3n) is 3.63. The summed E-state index contributed by atoms with van der Waals surface area (Å²) in [5.41, 5.74) is 0. The number of carboxylic acids is 2. The molecular formula is C16H32O7PS-. The number of carbonyl (C=O) groups is 2. The van der Waals surface area contributed by atoms with Gasteiger partial charge in [0.15, 0.2) is 0 Å². The lowest BCUT2D eigenvalue weighted by Gasteiger charge is -2.14. The summed E-state index contributed by atoms with van der Waals surface area (Å²) in [6.07, 6.45) is 12.1. The molecule has 25 heavy (non-hydrogen) atoms. The van der Waals surface area contributed by atoms with Gasteiger partial charge in [-0.25, -0.2) is 0 Å². The van der Waals surface area contributed by atoms with E-state index in [-0.39, 0.29) is 7.92 Å². The number of carbonyl (C=O) groups excluding carboxylic acids is 2. The van der Waals surface area contributed by atoms with Crippen LogP contribution in [-0.2, 0) is 19.7 Å². The monoisotopic (exact) mass is 399 g/mol. The van der Waals surface area contributed by atoms with Crippen molar-refractivity contribution in [2.75, 3.05) is 18.5 Å². The van der Waals surface area contributed by atoms with E-state index in [0.717, 1.165) is 0 Å². The van der Waals surface area contributed by atoms with Crippen LogP contribution in [0.2, 0.25) is 0 Å². The van der Waals surface area contributed by atoms with Gasteiger partial charge in [0.2, 0.25) is 0 Å². The van der Waals surface area contributed by atoms with Gasteiger partial charge in [0.05, 0.1) is 24.5 Å². The molecule has 0 saturated heterocycles. The van der Waals surface area contributed by atoms with Gasteiger partial charge in [-0.1, -0.05) is 40.0 Å². The summed E-state index contributed by atoms with van der Waals surface area (Å²) in [6, 6.07) is 0. The van der Waals surface area contributed by atoms with Gasteiger partial charge in [-0.3, -0.25) is 4.55 Å². The number of aliphatic carboxylic acids is 2. The number of hydrogen-bond acceptors (Lipinski definition) is 6. The van der Waals surface area contributed by atoms with Crippen molar-refractivity contribution in [3.05, 3.63) is 0 Å². The maximum atomic E-state index is 10.2. The van der Waals surface area contributed by atoms with Gasteiger partial charge in [0, 0.05) is 20.3 Å². The number of unbranched alkanes of at least 4 members (excludes halogenated alkanes) is 3. The minimum atomic E-state index is -4.94. The van der Waals surface area contributed by atoms with Crippen molar-refractivity contribution in [1.29, 1.82) is 0 Å². The SMILES string of the molecule is CCCC[PH+](CCCC)CCCC.O=C([O-])CC(C(=O)[O-])S(=O)(=O)O. The molecular weight excluding hydrogens is 367 g/mol. The molecule has 0 saturated carbocycles. The van der Waals surface area contributed by atoms with Gasteiger partial charge in [0.1, 0.15) is 5.25 Å². The van der Waals surface area contributed by atoms with Crippen LogP contribution >= 0.6 is 7.92 Å². The fraction of sp³-hybridized carbons (Fsp3) is 0.875. The molecule has 0 aromatic carbocycles. The van der Waals surface area contributed by atoms with Crippen LogP contribution in [0.25, 0.3) is 0 Å². The van der Waals surface area contributed by atoms with Gasteiger partial charge in [-0.2, -0.15) is 8.42 Å². The van der Waals surface area contributed by atoms with E-state index >= 15 is 0 Å². The van der Waals surface area contributed by atoms with Crippen molar-refractivity contribution in [2.45, 2.75) is 71.0 Å². The van der Waals surface area contributed by atoms with Crippen molar-refractivity contribution in [2.24, 2.45) is 0 Å². The molecule has 1 atom stereocenters. The Bertz CT molecular complexity index is 446. The second-order valence-corrected chi connectivity index (χ2v) is 10.6. The van der Waals surface area contributed by atoms with Crippen molar-refractivity contribution >= 4 is 30.0 Å². The summed E-state index contributed by atoms with van der Waals surface area (Å²) in [7, 11) is -4.87. The number of carboxylic acid groups (broad SMARTS) is 2. The van der Waals surface area contributed by atoms with Gasteiger partial charge in [-0.15, -0.1) is 0 Å². The van der Waals surface area contributed by atoms with Crippen molar-refractivity contribution in [1.82, 2.24) is 0 Å². The molecule has 0 spiro atoms. The van der Waals surface area contributed by atoms with Gasteiger partial charge in [0.25, 0.3) is 10.1 Å². The van der Waals surface area contributed by atoms with Crippen LogP contribution in [0.1, 0.15) is 65.7 Å². The lowest BCUT2D eigenvalue weighted by molar-refractivity contribution is -0.314. The summed E-state index contributed by atoms with van der Waals surface area (Å²) >= 11 is 0. The molecule has 0 rings (SSSR count). The molecule has 1 N–H and O–H groups in total. The van der Waals surface area contributed by atoms with E-state index in [4.69, 9.17) is 4.55 Å². The van der Waals surface area contributed by atoms with E-state index < -0.39 is 33.7 Å². The Hall–Kier alpha value is -0.720. The predicted octanol–water partition coefficient (Wildman–Crippen LogP) is 0.734. The summed E-state index contributed by atoms with van der Waals surface area (Å²) in [5, 5.41) is 17.3. The number of hydrogen-bond donors (Lipinski definition) is 1. The zero-order valence-electron chi connectivity index (χ0n) is 15.5. The zero-order valence-corrected chi connectivity index (χ0v) is 17.3. The molecule has 0 heterocycles. The molecule has 0 aromatic heterocycles. The maximum Gasteiger partial charge on any atom is 0.273 e. The lowest BCUT2D eigenvalue weighted by Crippen LogP contribution is -2.44. The van der Waals surface area contributed by atoms with E-state index in [1.54, 1.807) is 18.5 Å². The summed E-state index contributed by atoms with van der Waals surface area (Å²) in [5.74, 6) is -4.08. The van der Waals surface area contributed by atoms with E-state index in [0.29, 0.717) is 0 Å². The van der Waals surface area contributed by atoms with Crippen LogP contribution in [0.15, 0.2) is 0 Å². The molecule has 9 heteroatoms. The lowest BCUT2D eigenvalue weighted by atomic mass is 10.3. The van der Waals surface area contributed by atoms with Crippen LogP contribution in [0.4, 0.5) is 0 Å². The topological polar surface area (TPSA) is 135 Å². The average molecular weight is 399 g/mol. The molecule has 150 valence electrons. The highest BCUT2D eigenvalue weighted by Crippen LogP contribution is 2.38. The minimum Gasteiger partial charge on any atom is -0.550 e. The number of rotatable bonds is 13. The Kier molecular flexibility index (Phi) is 16.5. The average Bonchev–Trinajstić information content (AvgIpc) is 2.51. The van der Waals surface area contributed by atoms with E-state index in [2.05, 4.69) is 20.8 Å². The Balaban J connectivity index is 0.